The lowest BCUT2D eigenvalue weighted by molar-refractivity contribution is -0.214. The third-order valence-electron chi connectivity index (χ3n) is 9.01. The molecule has 10 N–H and O–H groups in total. The van der Waals surface area contributed by atoms with Crippen molar-refractivity contribution in [2.45, 2.75) is 82.5 Å². The molecule has 1 fully saturated rings. The van der Waals surface area contributed by atoms with E-state index in [0.717, 1.165) is 27.5 Å². The van der Waals surface area contributed by atoms with Crippen LogP contribution >= 0.6 is 23.7 Å². The number of aryl methyl sites for hydroxylation is 1. The van der Waals surface area contributed by atoms with Crippen LogP contribution in [0.3, 0.4) is 0 Å². The van der Waals surface area contributed by atoms with Crippen molar-refractivity contribution in [3.05, 3.63) is 46.7 Å². The van der Waals surface area contributed by atoms with E-state index >= 15 is 0 Å². The average molecular weight is 764 g/mol. The van der Waals surface area contributed by atoms with Crippen molar-refractivity contribution in [2.24, 2.45) is 10.9 Å². The molecular weight excluding hydrogens is 723 g/mol. The van der Waals surface area contributed by atoms with Crippen molar-refractivity contribution in [1.82, 2.24) is 24.5 Å². The maximum Gasteiger partial charge on any atom is 0.354 e. The van der Waals surface area contributed by atoms with Gasteiger partial charge in [-0.1, -0.05) is 5.16 Å². The maximum absolute atomic E-state index is 13.5. The minimum Gasteiger partial charge on any atom is -0.485 e. The first-order valence-corrected chi connectivity index (χ1v) is 17.7. The predicted molar refractivity (Wildman–Crippen MR) is 188 cm³/mol. The topological polar surface area (TPSA) is 286 Å². The van der Waals surface area contributed by atoms with Crippen molar-refractivity contribution in [3.8, 4) is 17.0 Å². The number of aliphatic hydroxyl groups is 2. The first kappa shape index (κ1) is 38.7. The molecule has 1 saturated heterocycles. The Bertz CT molecular complexity index is 1910. The Morgan fingerprint density at radius 1 is 1.37 bits per heavy atom. The Morgan fingerprint density at radius 3 is 2.73 bits per heavy atom. The van der Waals surface area contributed by atoms with Crippen LogP contribution in [0.2, 0.25) is 0 Å². The van der Waals surface area contributed by atoms with Crippen molar-refractivity contribution in [3.63, 3.8) is 0 Å². The van der Waals surface area contributed by atoms with E-state index in [1.807, 2.05) is 6.07 Å². The van der Waals surface area contributed by atoms with E-state index in [4.69, 9.17) is 35.3 Å². The number of carboxylic acids is 1. The molecule has 2 aliphatic rings. The summed E-state index contributed by atoms with van der Waals surface area (Å²) in [7, 11) is 0. The summed E-state index contributed by atoms with van der Waals surface area (Å²) in [6, 6.07) is 4.25. The molecule has 2 amide bonds. The fourth-order valence-electron chi connectivity index (χ4n) is 5.95. The number of nitrogens with one attached hydrogen (secondary N) is 2. The number of carbonyl (C=O) groups excluding carboxylic acids is 2. The first-order valence-electron chi connectivity index (χ1n) is 16.1. The molecule has 0 aliphatic carbocycles. The number of anilines is 1. The van der Waals surface area contributed by atoms with Gasteiger partial charge in [0.25, 0.3) is 17.4 Å². The number of carbonyl (C=O) groups is 3. The molecule has 19 nitrogen and oxygen atoms in total. The van der Waals surface area contributed by atoms with E-state index in [1.54, 1.807) is 41.3 Å². The number of aliphatic hydroxyl groups excluding tert-OH is 2. The molecule has 0 spiro atoms. The Kier molecular flexibility index (Phi) is 11.6. The Hall–Kier alpha value is -4.51. The van der Waals surface area contributed by atoms with Gasteiger partial charge in [0.1, 0.15) is 17.5 Å². The van der Waals surface area contributed by atoms with Crippen molar-refractivity contribution >= 4 is 52.3 Å². The number of fused-ring (bicyclic) bond motifs is 1. The van der Waals surface area contributed by atoms with Gasteiger partial charge in [-0.2, -0.15) is 9.35 Å². The summed E-state index contributed by atoms with van der Waals surface area (Å²) in [6.07, 6.45) is 0.783. The van der Waals surface area contributed by atoms with Crippen LogP contribution in [0, 0.1) is 5.41 Å². The van der Waals surface area contributed by atoms with E-state index in [0.29, 0.717) is 37.4 Å². The lowest BCUT2D eigenvalue weighted by atomic mass is 9.84. The number of nitrogen functional groups attached to an aromatic ring is 1. The molecule has 282 valence electrons. The van der Waals surface area contributed by atoms with Crippen molar-refractivity contribution < 1.29 is 48.1 Å². The van der Waals surface area contributed by atoms with Gasteiger partial charge in [0.15, 0.2) is 29.3 Å². The number of carboxylic acid groups (broad SMARTS) is 1. The normalized spacial score (nSPS) is 19.9. The van der Waals surface area contributed by atoms with E-state index in [1.165, 1.54) is 12.3 Å². The third-order valence-corrected chi connectivity index (χ3v) is 9.90. The molecule has 0 saturated carbocycles. The van der Waals surface area contributed by atoms with Crippen LogP contribution in [0.1, 0.15) is 44.9 Å². The van der Waals surface area contributed by atoms with Gasteiger partial charge in [0.2, 0.25) is 5.62 Å². The number of oxime groups is 1. The number of hydrogen-bond acceptors (Lipinski definition) is 16. The highest BCUT2D eigenvalue weighted by atomic mass is 32.2. The smallest absolute Gasteiger partial charge is 0.354 e. The Labute approximate surface area is 305 Å². The SMILES string of the molecule is CC(O/N=C(\C(=O)NC1C(=O)N(OSO)C1(C)C)c1csc(N)n1)(C(=O)O)C1CCc2cc(-c3cn(CC(O)CO)c(=N)n3CCCN)ccc2O1. The molecule has 21 heteroatoms. The maximum atomic E-state index is 13.5. The molecule has 4 atom stereocenters. The van der Waals surface area contributed by atoms with E-state index < -0.39 is 59.5 Å². The monoisotopic (exact) mass is 763 g/mol. The van der Waals surface area contributed by atoms with Crippen LogP contribution in [-0.2, 0) is 43.0 Å². The molecule has 2 aromatic heterocycles. The van der Waals surface area contributed by atoms with Gasteiger partial charge in [0, 0.05) is 23.7 Å². The summed E-state index contributed by atoms with van der Waals surface area (Å²) in [5.74, 6) is -2.56. The average Bonchev–Trinajstić information content (AvgIpc) is 3.69. The summed E-state index contributed by atoms with van der Waals surface area (Å²) in [5, 5.41) is 47.3. The van der Waals surface area contributed by atoms with Crippen molar-refractivity contribution in [1.29, 1.82) is 5.41 Å². The second-order valence-corrected chi connectivity index (χ2v) is 14.1. The quantitative estimate of drug-likeness (QED) is 0.0422. The number of aromatic nitrogens is 3. The number of aliphatic carboxylic acids is 1. The molecule has 4 unspecified atom stereocenters. The fraction of sp³-hybridized carbons (Fsp3) is 0.484. The number of hydroxylamine groups is 2. The number of imidazole rings is 1. The van der Waals surface area contributed by atoms with Crippen molar-refractivity contribution in [2.75, 3.05) is 18.9 Å². The number of hydrogen-bond donors (Lipinski definition) is 8. The summed E-state index contributed by atoms with van der Waals surface area (Å²) in [6.45, 7) is 4.90. The minimum absolute atomic E-state index is 0.0157. The highest BCUT2D eigenvalue weighted by Crippen LogP contribution is 2.37. The number of rotatable bonds is 16. The number of ether oxygens (including phenoxy) is 1. The highest BCUT2D eigenvalue weighted by molar-refractivity contribution is 7.88. The summed E-state index contributed by atoms with van der Waals surface area (Å²) >= 11 is 0.988. The van der Waals surface area contributed by atoms with Crippen LogP contribution in [0.25, 0.3) is 11.3 Å². The zero-order valence-electron chi connectivity index (χ0n) is 28.5. The molecule has 4 heterocycles. The first-order chi connectivity index (χ1) is 24.7. The van der Waals surface area contributed by atoms with Crippen LogP contribution in [0.4, 0.5) is 5.13 Å². The van der Waals surface area contributed by atoms with Crippen LogP contribution in [0.15, 0.2) is 34.9 Å². The number of nitrogens with zero attached hydrogens (tertiary/aromatic N) is 5. The van der Waals surface area contributed by atoms with Crippen LogP contribution < -0.4 is 27.1 Å². The van der Waals surface area contributed by atoms with Gasteiger partial charge in [-0.3, -0.25) is 15.0 Å². The predicted octanol–water partition coefficient (Wildman–Crippen LogP) is 0.293. The van der Waals surface area contributed by atoms with Crippen LogP contribution in [-0.4, -0.2) is 105 Å². The number of thiazole rings is 1. The molecule has 5 rings (SSSR count). The molecule has 2 aliphatic heterocycles. The molecular formula is C31H41N9O10S2. The van der Waals surface area contributed by atoms with E-state index in [-0.39, 0.29) is 41.7 Å². The number of amides is 2. The molecule has 3 aromatic rings. The summed E-state index contributed by atoms with van der Waals surface area (Å²) < 4.78 is 23.4. The van der Waals surface area contributed by atoms with E-state index in [2.05, 4.69) is 15.5 Å². The molecule has 0 bridgehead atoms. The standard InChI is InChI=1S/C31H41N9O10S2/c1-30(2)24(26(44)40(30)50-52-47)36-25(43)23(19-15-51-28(33)35-19)37-49-31(3,27(45)46)22-8-6-17-11-16(5-7-21(17)48-22)20-13-38(12-18(42)14-41)29(34)39(20)10-4-9-32/h5,7,11,13,15,18,22,24,34,41-42,47H,4,6,8-10,12,14,32H2,1-3H3,(H2,33,35)(H,36,43)(H,45,46)/b34-29?,37-23-. The second kappa shape index (κ2) is 15.6. The zero-order chi connectivity index (χ0) is 38.0. The number of benzene rings is 1. The Balaban J connectivity index is 1.39. The lowest BCUT2D eigenvalue weighted by Crippen LogP contribution is -2.76. The number of β-lactam (4-membered cyclic amide) rings is 1. The van der Waals surface area contributed by atoms with Gasteiger partial charge in [-0.25, -0.2) is 9.78 Å². The van der Waals surface area contributed by atoms with Gasteiger partial charge < -0.3 is 55.4 Å². The Morgan fingerprint density at radius 2 is 2.12 bits per heavy atom. The third kappa shape index (κ3) is 7.51. The largest absolute Gasteiger partial charge is 0.485 e. The second-order valence-electron chi connectivity index (χ2n) is 12.9. The van der Waals surface area contributed by atoms with Gasteiger partial charge in [-0.05, 0) is 70.3 Å². The van der Waals surface area contributed by atoms with Crippen LogP contribution in [0.5, 0.6) is 5.75 Å². The zero-order valence-corrected chi connectivity index (χ0v) is 30.1. The minimum atomic E-state index is -2.10. The van der Waals surface area contributed by atoms with Gasteiger partial charge in [-0.15, -0.1) is 11.3 Å². The molecule has 1 aromatic carbocycles. The summed E-state index contributed by atoms with van der Waals surface area (Å²) in [5.41, 5.74) is 10.3. The lowest BCUT2D eigenvalue weighted by Gasteiger charge is -2.50. The fourth-order valence-corrected chi connectivity index (χ4v) is 6.83. The van der Waals surface area contributed by atoms with Gasteiger partial charge in [0.05, 0.1) is 30.5 Å². The summed E-state index contributed by atoms with van der Waals surface area (Å²) in [4.78, 5) is 48.7. The van der Waals surface area contributed by atoms with E-state index in [9.17, 15) is 29.7 Å². The number of nitrogens with two attached hydrogens (primary N) is 2. The molecule has 52 heavy (non-hydrogen) atoms. The highest BCUT2D eigenvalue weighted by Gasteiger charge is 2.57. The molecule has 0 radical (unpaired) electrons. The van der Waals surface area contributed by atoms with Gasteiger partial charge >= 0.3 is 5.97 Å².